The van der Waals surface area contributed by atoms with Gasteiger partial charge in [0, 0.05) is 17.4 Å². The molecule has 1 unspecified atom stereocenters. The lowest BCUT2D eigenvalue weighted by Crippen LogP contribution is -2.67. The summed E-state index contributed by atoms with van der Waals surface area (Å²) >= 11 is 6.36. The normalized spacial score (nSPS) is 17.9. The summed E-state index contributed by atoms with van der Waals surface area (Å²) in [5, 5.41) is 8.59. The predicted octanol–water partition coefficient (Wildman–Crippen LogP) is 4.22. The molecule has 1 saturated heterocycles. The highest BCUT2D eigenvalue weighted by atomic mass is 35.5. The van der Waals surface area contributed by atoms with Crippen molar-refractivity contribution in [2.45, 2.75) is 45.1 Å². The number of halogens is 1. The Balaban J connectivity index is 1.54. The molecule has 10 nitrogen and oxygen atoms in total. The van der Waals surface area contributed by atoms with Crippen LogP contribution in [0.25, 0.3) is 0 Å². The summed E-state index contributed by atoms with van der Waals surface area (Å²) in [5.74, 6) is -0.358. The number of nitrogens with one attached hydrogen (secondary N) is 2. The molecule has 11 heteroatoms. The molecule has 2 fully saturated rings. The van der Waals surface area contributed by atoms with E-state index in [1.165, 1.54) is 4.90 Å². The van der Waals surface area contributed by atoms with Crippen LogP contribution in [-0.4, -0.2) is 46.7 Å². The van der Waals surface area contributed by atoms with Gasteiger partial charge in [-0.25, -0.2) is 14.5 Å². The minimum absolute atomic E-state index is 0.185. The number of amides is 5. The minimum Gasteiger partial charge on any atom is -0.489 e. The first-order valence-corrected chi connectivity index (χ1v) is 11.2. The lowest BCUT2D eigenvalue weighted by atomic mass is 10.1. The molecule has 0 aromatic heterocycles. The van der Waals surface area contributed by atoms with E-state index in [9.17, 15) is 19.3 Å². The molecule has 2 aliphatic rings. The predicted molar refractivity (Wildman–Crippen MR) is 125 cm³/mol. The van der Waals surface area contributed by atoms with Crippen LogP contribution >= 0.6 is 11.6 Å². The molecular weight excluding hydrogens is 462 g/mol. The van der Waals surface area contributed by atoms with E-state index in [0.717, 1.165) is 28.9 Å². The number of imide groups is 1. The third-order valence-corrected chi connectivity index (χ3v) is 5.77. The molecule has 0 radical (unpaired) electrons. The van der Waals surface area contributed by atoms with E-state index in [4.69, 9.17) is 16.3 Å². The average molecular weight is 486 g/mol. The zero-order chi connectivity index (χ0) is 24.2. The Bertz CT molecular complexity index is 1110. The fourth-order valence-corrected chi connectivity index (χ4v) is 3.67. The molecule has 1 aliphatic carbocycles. The standard InChI is InChI=1S/C23H24ClN5O5/c1-14-2-4-15(5-3-14)13-29-21(26-22(31)28(23(29)32)11-10-20(30)27-33)25-16-6-9-19(18(24)12-16)34-17-7-8-17/h2-6,9,12,17,21,25H,7-8,10-11,13H2,1H3,(H,26,31). The molecule has 1 aliphatic heterocycles. The van der Waals surface area contributed by atoms with E-state index < -0.39 is 24.3 Å². The van der Waals surface area contributed by atoms with Crippen molar-refractivity contribution in [3.63, 3.8) is 0 Å². The van der Waals surface area contributed by atoms with Crippen molar-refractivity contribution >= 4 is 35.3 Å². The van der Waals surface area contributed by atoms with Crippen LogP contribution in [0.1, 0.15) is 30.4 Å². The van der Waals surface area contributed by atoms with Crippen molar-refractivity contribution in [2.24, 2.45) is 5.18 Å². The third kappa shape index (κ3) is 5.63. The lowest BCUT2D eigenvalue weighted by Gasteiger charge is -2.41. The highest BCUT2D eigenvalue weighted by Crippen LogP contribution is 2.34. The fraction of sp³-hybridized carbons (Fsp3) is 0.348. The van der Waals surface area contributed by atoms with Crippen LogP contribution in [0.5, 0.6) is 5.75 Å². The van der Waals surface area contributed by atoms with Gasteiger partial charge in [0.2, 0.25) is 0 Å². The van der Waals surface area contributed by atoms with Gasteiger partial charge in [0.15, 0.2) is 6.29 Å². The first-order valence-electron chi connectivity index (χ1n) is 10.9. The lowest BCUT2D eigenvalue weighted by molar-refractivity contribution is -0.118. The maximum Gasteiger partial charge on any atom is 0.331 e. The summed E-state index contributed by atoms with van der Waals surface area (Å²) in [5.41, 5.74) is 2.49. The van der Waals surface area contributed by atoms with Crippen molar-refractivity contribution in [2.75, 3.05) is 11.9 Å². The van der Waals surface area contributed by atoms with Crippen molar-refractivity contribution < 1.29 is 19.1 Å². The number of carbonyl (C=O) groups excluding carboxylic acids is 3. The second kappa shape index (κ2) is 10.1. The smallest absolute Gasteiger partial charge is 0.331 e. The van der Waals surface area contributed by atoms with Crippen molar-refractivity contribution in [3.05, 3.63) is 63.5 Å². The number of nitrogens with zero attached hydrogens (tertiary/aromatic N) is 3. The molecule has 2 aromatic carbocycles. The molecule has 34 heavy (non-hydrogen) atoms. The van der Waals surface area contributed by atoms with Crippen LogP contribution < -0.4 is 15.4 Å². The van der Waals surface area contributed by atoms with Gasteiger partial charge in [-0.2, -0.15) is 0 Å². The number of benzene rings is 2. The van der Waals surface area contributed by atoms with Gasteiger partial charge >= 0.3 is 12.1 Å². The molecule has 178 valence electrons. The zero-order valence-corrected chi connectivity index (χ0v) is 19.2. The summed E-state index contributed by atoms with van der Waals surface area (Å²) in [6.07, 6.45) is 0.974. The van der Waals surface area contributed by atoms with Crippen LogP contribution in [0.3, 0.4) is 0 Å². The number of carbonyl (C=O) groups is 3. The number of hydrogen-bond donors (Lipinski definition) is 2. The first kappa shape index (κ1) is 23.5. The Kier molecular flexibility index (Phi) is 6.97. The number of rotatable bonds is 9. The van der Waals surface area contributed by atoms with Crippen LogP contribution in [-0.2, 0) is 11.3 Å². The number of anilines is 1. The number of aryl methyl sites for hydroxylation is 1. The van der Waals surface area contributed by atoms with Gasteiger partial charge in [-0.15, -0.1) is 4.91 Å². The van der Waals surface area contributed by atoms with Gasteiger partial charge < -0.3 is 10.1 Å². The summed E-state index contributed by atoms with van der Waals surface area (Å²) in [6, 6.07) is 11.5. The Morgan fingerprint density at radius 2 is 1.94 bits per heavy atom. The van der Waals surface area contributed by atoms with E-state index >= 15 is 0 Å². The van der Waals surface area contributed by atoms with Gasteiger partial charge in [-0.1, -0.05) is 41.4 Å². The largest absolute Gasteiger partial charge is 0.489 e. The number of hydrogen-bond acceptors (Lipinski definition) is 6. The van der Waals surface area contributed by atoms with E-state index in [1.807, 2.05) is 31.2 Å². The second-order valence-electron chi connectivity index (χ2n) is 8.24. The minimum atomic E-state index is -0.936. The third-order valence-electron chi connectivity index (χ3n) is 5.47. The summed E-state index contributed by atoms with van der Waals surface area (Å²) in [4.78, 5) is 49.9. The van der Waals surface area contributed by atoms with Crippen LogP contribution in [0.2, 0.25) is 5.02 Å². The molecule has 2 N–H and O–H groups in total. The topological polar surface area (TPSA) is 120 Å². The Morgan fingerprint density at radius 3 is 2.59 bits per heavy atom. The quantitative estimate of drug-likeness (QED) is 0.513. The van der Waals surface area contributed by atoms with E-state index in [0.29, 0.717) is 16.5 Å². The van der Waals surface area contributed by atoms with Crippen LogP contribution in [0.4, 0.5) is 15.3 Å². The van der Waals surface area contributed by atoms with E-state index in [2.05, 4.69) is 15.8 Å². The number of nitroso groups, excluding NO2 is 1. The maximum absolute atomic E-state index is 13.2. The SMILES string of the molecule is Cc1ccc(CN2C(=O)N(CCC(=O)N=O)C(=O)NC2Nc2ccc(OC3CC3)c(Cl)c2)cc1. The van der Waals surface area contributed by atoms with Crippen molar-refractivity contribution in [3.8, 4) is 5.75 Å². The molecule has 1 atom stereocenters. The van der Waals surface area contributed by atoms with Gasteiger partial charge in [-0.05, 0) is 43.5 Å². The molecule has 1 saturated carbocycles. The average Bonchev–Trinajstić information content (AvgIpc) is 3.63. The molecule has 2 aromatic rings. The summed E-state index contributed by atoms with van der Waals surface area (Å²) in [7, 11) is 0. The Hall–Kier alpha value is -3.66. The Morgan fingerprint density at radius 1 is 1.21 bits per heavy atom. The molecule has 0 spiro atoms. The maximum atomic E-state index is 13.2. The van der Waals surface area contributed by atoms with Crippen LogP contribution in [0.15, 0.2) is 47.6 Å². The van der Waals surface area contributed by atoms with E-state index in [1.54, 1.807) is 18.2 Å². The van der Waals surface area contributed by atoms with Gasteiger partial charge in [0.25, 0.3) is 5.91 Å². The van der Waals surface area contributed by atoms with E-state index in [-0.39, 0.29) is 25.6 Å². The molecule has 4 rings (SSSR count). The van der Waals surface area contributed by atoms with Gasteiger partial charge in [0.1, 0.15) is 5.75 Å². The second-order valence-corrected chi connectivity index (χ2v) is 8.65. The molecule has 1 heterocycles. The van der Waals surface area contributed by atoms with Crippen LogP contribution in [0, 0.1) is 11.8 Å². The van der Waals surface area contributed by atoms with Crippen molar-refractivity contribution in [1.82, 2.24) is 15.1 Å². The zero-order valence-electron chi connectivity index (χ0n) is 18.5. The molecular formula is C23H24ClN5O5. The van der Waals surface area contributed by atoms with Gasteiger partial charge in [-0.3, -0.25) is 15.0 Å². The summed E-state index contributed by atoms with van der Waals surface area (Å²) in [6.45, 7) is 1.88. The monoisotopic (exact) mass is 485 g/mol. The Labute approximate surface area is 201 Å². The van der Waals surface area contributed by atoms with Crippen molar-refractivity contribution in [1.29, 1.82) is 0 Å². The fourth-order valence-electron chi connectivity index (χ4n) is 3.45. The number of ether oxygens (including phenoxy) is 1. The van der Waals surface area contributed by atoms with Gasteiger partial charge in [0.05, 0.1) is 24.1 Å². The number of urea groups is 2. The summed E-state index contributed by atoms with van der Waals surface area (Å²) < 4.78 is 5.76. The highest BCUT2D eigenvalue weighted by Gasteiger charge is 2.38. The molecule has 5 amide bonds. The highest BCUT2D eigenvalue weighted by molar-refractivity contribution is 6.32. The first-order chi connectivity index (χ1) is 16.3. The molecule has 0 bridgehead atoms.